The van der Waals surface area contributed by atoms with Crippen molar-refractivity contribution >= 4 is 51.3 Å². The molecule has 0 bridgehead atoms. The summed E-state index contributed by atoms with van der Waals surface area (Å²) in [4.78, 5) is 4.26. The normalized spacial score (nSPS) is 10.7. The van der Waals surface area contributed by atoms with Crippen LogP contribution >= 0.6 is 23.8 Å². The van der Waals surface area contributed by atoms with Gasteiger partial charge in [-0.15, -0.1) is 5.10 Å². The second kappa shape index (κ2) is 7.73. The lowest BCUT2D eigenvalue weighted by Gasteiger charge is -2.10. The summed E-state index contributed by atoms with van der Waals surface area (Å²) >= 11 is 11.3. The molecule has 0 saturated heterocycles. The maximum Gasteiger partial charge on any atom is 0.248 e. The molecule has 3 aromatic carbocycles. The fourth-order valence-electron chi connectivity index (χ4n) is 2.79. The number of aromatic nitrogens is 3. The van der Waals surface area contributed by atoms with Gasteiger partial charge in [-0.25, -0.2) is 9.67 Å². The Labute approximate surface area is 167 Å². The summed E-state index contributed by atoms with van der Waals surface area (Å²) in [6.45, 7) is 0.607. The number of hydrogen-bond donors (Lipinski definition) is 2. The standard InChI is InChI=1S/C20H16ClN5S/c21-16-10-8-14(9-11-16)12-26-13-22-19(25-26)24-20(27)23-18-7-3-5-15-4-1-2-6-17(15)18/h1-11,13H,12H2,(H2,23,24,25,27). The molecule has 2 N–H and O–H groups in total. The second-order valence-electron chi connectivity index (χ2n) is 6.00. The molecule has 27 heavy (non-hydrogen) atoms. The molecule has 0 fully saturated rings. The largest absolute Gasteiger partial charge is 0.332 e. The predicted octanol–water partition coefficient (Wildman–Crippen LogP) is 4.94. The summed E-state index contributed by atoms with van der Waals surface area (Å²) in [5.74, 6) is 0.446. The molecule has 4 aromatic rings. The minimum absolute atomic E-state index is 0.440. The van der Waals surface area contributed by atoms with Gasteiger partial charge in [0.2, 0.25) is 5.95 Å². The molecule has 1 heterocycles. The number of rotatable bonds is 4. The fraction of sp³-hybridized carbons (Fsp3) is 0.0500. The number of halogens is 1. The maximum atomic E-state index is 5.91. The first-order valence-corrected chi connectivity index (χ1v) is 9.16. The lowest BCUT2D eigenvalue weighted by Crippen LogP contribution is -2.20. The molecule has 134 valence electrons. The first-order chi connectivity index (χ1) is 13.2. The van der Waals surface area contributed by atoms with E-state index in [2.05, 4.69) is 38.9 Å². The van der Waals surface area contributed by atoms with Crippen molar-refractivity contribution in [1.29, 1.82) is 0 Å². The van der Waals surface area contributed by atoms with Crippen LogP contribution in [0, 0.1) is 0 Å². The quantitative estimate of drug-likeness (QED) is 0.481. The molecule has 0 aliphatic carbocycles. The van der Waals surface area contributed by atoms with Crippen LogP contribution in [0.25, 0.3) is 10.8 Å². The summed E-state index contributed by atoms with van der Waals surface area (Å²) < 4.78 is 1.74. The van der Waals surface area contributed by atoms with E-state index in [0.717, 1.165) is 22.0 Å². The van der Waals surface area contributed by atoms with Crippen LogP contribution in [-0.4, -0.2) is 19.9 Å². The molecule has 0 spiro atoms. The molecule has 0 aliphatic rings. The van der Waals surface area contributed by atoms with E-state index in [1.54, 1.807) is 11.0 Å². The van der Waals surface area contributed by atoms with Gasteiger partial charge in [-0.05, 0) is 41.4 Å². The zero-order valence-electron chi connectivity index (χ0n) is 14.3. The van der Waals surface area contributed by atoms with Gasteiger partial charge < -0.3 is 5.32 Å². The third-order valence-corrected chi connectivity index (χ3v) is 4.51. The Balaban J connectivity index is 1.42. The Kier molecular flexibility index (Phi) is 5.00. The number of nitrogens with zero attached hydrogens (tertiary/aromatic N) is 3. The lowest BCUT2D eigenvalue weighted by molar-refractivity contribution is 0.687. The van der Waals surface area contributed by atoms with Crippen LogP contribution in [0.3, 0.4) is 0 Å². The Morgan fingerprint density at radius 3 is 2.59 bits per heavy atom. The third-order valence-electron chi connectivity index (χ3n) is 4.06. The topological polar surface area (TPSA) is 54.8 Å². The SMILES string of the molecule is S=C(Nc1ncn(Cc2ccc(Cl)cc2)n1)Nc1cccc2ccccc12. The van der Waals surface area contributed by atoms with Gasteiger partial charge in [-0.2, -0.15) is 0 Å². The van der Waals surface area contributed by atoms with Crippen molar-refractivity contribution in [2.75, 3.05) is 10.6 Å². The van der Waals surface area contributed by atoms with Gasteiger partial charge in [0, 0.05) is 16.1 Å². The molecular weight excluding hydrogens is 378 g/mol. The molecule has 5 nitrogen and oxygen atoms in total. The monoisotopic (exact) mass is 393 g/mol. The van der Waals surface area contributed by atoms with Crippen LogP contribution in [0.1, 0.15) is 5.56 Å². The van der Waals surface area contributed by atoms with Crippen molar-refractivity contribution in [3.63, 3.8) is 0 Å². The molecule has 0 saturated carbocycles. The first kappa shape index (κ1) is 17.5. The van der Waals surface area contributed by atoms with Crippen LogP contribution in [0.5, 0.6) is 0 Å². The average Bonchev–Trinajstić information content (AvgIpc) is 3.10. The highest BCUT2D eigenvalue weighted by molar-refractivity contribution is 7.80. The van der Waals surface area contributed by atoms with E-state index in [0.29, 0.717) is 22.6 Å². The molecule has 0 radical (unpaired) electrons. The smallest absolute Gasteiger partial charge is 0.248 e. The Morgan fingerprint density at radius 1 is 0.963 bits per heavy atom. The fourth-order valence-corrected chi connectivity index (χ4v) is 3.12. The molecule has 0 aliphatic heterocycles. The molecule has 4 rings (SSSR count). The average molecular weight is 394 g/mol. The number of thiocarbonyl (C=S) groups is 1. The van der Waals surface area contributed by atoms with Crippen LogP contribution < -0.4 is 10.6 Å². The molecule has 0 atom stereocenters. The van der Waals surface area contributed by atoms with E-state index in [-0.39, 0.29) is 0 Å². The first-order valence-electron chi connectivity index (χ1n) is 8.37. The molecule has 0 unspecified atom stereocenters. The third kappa shape index (κ3) is 4.24. The highest BCUT2D eigenvalue weighted by atomic mass is 35.5. The van der Waals surface area contributed by atoms with Crippen molar-refractivity contribution < 1.29 is 0 Å². The molecule has 1 aromatic heterocycles. The molecule has 7 heteroatoms. The van der Waals surface area contributed by atoms with Gasteiger partial charge in [-0.3, -0.25) is 5.32 Å². The molecule has 0 amide bonds. The van der Waals surface area contributed by atoms with E-state index in [4.69, 9.17) is 23.8 Å². The number of nitrogens with one attached hydrogen (secondary N) is 2. The van der Waals surface area contributed by atoms with E-state index in [1.807, 2.05) is 48.5 Å². The summed E-state index contributed by atoms with van der Waals surface area (Å²) in [6, 6.07) is 21.8. The summed E-state index contributed by atoms with van der Waals surface area (Å²) in [7, 11) is 0. The van der Waals surface area contributed by atoms with Crippen molar-refractivity contribution in [3.8, 4) is 0 Å². The maximum absolute atomic E-state index is 5.91. The van der Waals surface area contributed by atoms with E-state index in [1.165, 1.54) is 0 Å². The predicted molar refractivity (Wildman–Crippen MR) is 114 cm³/mol. The summed E-state index contributed by atoms with van der Waals surface area (Å²) in [5, 5.41) is 14.1. The van der Waals surface area contributed by atoms with Crippen LogP contribution in [0.15, 0.2) is 73.1 Å². The molecular formula is C20H16ClN5S. The Morgan fingerprint density at radius 2 is 1.74 bits per heavy atom. The van der Waals surface area contributed by atoms with E-state index >= 15 is 0 Å². The lowest BCUT2D eigenvalue weighted by atomic mass is 10.1. The summed E-state index contributed by atoms with van der Waals surface area (Å²) in [6.07, 6.45) is 1.66. The zero-order chi connectivity index (χ0) is 18.6. The van der Waals surface area contributed by atoms with Gasteiger partial charge in [0.05, 0.1) is 6.54 Å². The Bertz CT molecular complexity index is 1090. The number of benzene rings is 3. The van der Waals surface area contributed by atoms with Crippen molar-refractivity contribution in [3.05, 3.63) is 83.6 Å². The second-order valence-corrected chi connectivity index (χ2v) is 6.84. The minimum atomic E-state index is 0.440. The van der Waals surface area contributed by atoms with E-state index < -0.39 is 0 Å². The summed E-state index contributed by atoms with van der Waals surface area (Å²) in [5.41, 5.74) is 2.03. The van der Waals surface area contributed by atoms with E-state index in [9.17, 15) is 0 Å². The Hall–Kier alpha value is -2.96. The van der Waals surface area contributed by atoms with Gasteiger partial charge in [0.25, 0.3) is 0 Å². The van der Waals surface area contributed by atoms with Gasteiger partial charge in [-0.1, -0.05) is 60.1 Å². The van der Waals surface area contributed by atoms with Crippen molar-refractivity contribution in [1.82, 2.24) is 14.8 Å². The van der Waals surface area contributed by atoms with Gasteiger partial charge >= 0.3 is 0 Å². The van der Waals surface area contributed by atoms with Gasteiger partial charge in [0.15, 0.2) is 5.11 Å². The van der Waals surface area contributed by atoms with Crippen LogP contribution in [-0.2, 0) is 6.54 Å². The number of hydrogen-bond acceptors (Lipinski definition) is 3. The zero-order valence-corrected chi connectivity index (χ0v) is 15.8. The highest BCUT2D eigenvalue weighted by Crippen LogP contribution is 2.23. The van der Waals surface area contributed by atoms with Crippen LogP contribution in [0.4, 0.5) is 11.6 Å². The number of fused-ring (bicyclic) bond motifs is 1. The van der Waals surface area contributed by atoms with Gasteiger partial charge in [0.1, 0.15) is 6.33 Å². The minimum Gasteiger partial charge on any atom is -0.332 e. The van der Waals surface area contributed by atoms with Crippen molar-refractivity contribution in [2.45, 2.75) is 6.54 Å². The number of anilines is 2. The highest BCUT2D eigenvalue weighted by Gasteiger charge is 2.06. The van der Waals surface area contributed by atoms with Crippen molar-refractivity contribution in [2.24, 2.45) is 0 Å². The van der Waals surface area contributed by atoms with Crippen LogP contribution in [0.2, 0.25) is 5.02 Å².